The molecule has 6 nitrogen and oxygen atoms in total. The van der Waals surface area contributed by atoms with Gasteiger partial charge in [-0.2, -0.15) is 0 Å². The molecule has 1 rings (SSSR count). The quantitative estimate of drug-likeness (QED) is 0.743. The maximum absolute atomic E-state index is 11.9. The van der Waals surface area contributed by atoms with E-state index in [0.717, 1.165) is 0 Å². The van der Waals surface area contributed by atoms with E-state index in [-0.39, 0.29) is 23.8 Å². The first-order valence-electron chi connectivity index (χ1n) is 6.68. The highest BCUT2D eigenvalue weighted by Gasteiger charge is 2.23. The third-order valence-electron chi connectivity index (χ3n) is 3.00. The zero-order valence-corrected chi connectivity index (χ0v) is 12.6. The summed E-state index contributed by atoms with van der Waals surface area (Å²) in [5.74, 6) is -0.858. The second kappa shape index (κ2) is 7.08. The first kappa shape index (κ1) is 17.0. The van der Waals surface area contributed by atoms with Crippen LogP contribution in [0.2, 0.25) is 0 Å². The summed E-state index contributed by atoms with van der Waals surface area (Å²) in [7, 11) is 0. The van der Waals surface area contributed by atoms with Crippen molar-refractivity contribution in [2.75, 3.05) is 11.9 Å². The number of aliphatic carboxylic acids is 1. The molecule has 0 bridgehead atoms. The van der Waals surface area contributed by atoms with Gasteiger partial charge in [0.2, 0.25) is 5.91 Å². The number of anilines is 1. The number of carbonyl (C=O) groups excluding carboxylic acids is 1. The molecule has 1 atom stereocenters. The van der Waals surface area contributed by atoms with Crippen LogP contribution in [-0.4, -0.2) is 29.6 Å². The number of benzene rings is 1. The molecule has 0 aliphatic carbocycles. The van der Waals surface area contributed by atoms with E-state index < -0.39 is 12.6 Å². The Balaban J connectivity index is 2.60. The number of hydrogen-bond acceptors (Lipinski definition) is 4. The van der Waals surface area contributed by atoms with Gasteiger partial charge in [-0.25, -0.2) is 4.79 Å². The van der Waals surface area contributed by atoms with Gasteiger partial charge in [-0.15, -0.1) is 0 Å². The van der Waals surface area contributed by atoms with Crippen molar-refractivity contribution in [3.05, 3.63) is 24.3 Å². The van der Waals surface area contributed by atoms with Crippen LogP contribution in [0.5, 0.6) is 5.75 Å². The minimum atomic E-state index is -1.06. The molecule has 0 aliphatic rings. The van der Waals surface area contributed by atoms with Crippen LogP contribution in [0.25, 0.3) is 0 Å². The Morgan fingerprint density at radius 3 is 2.62 bits per heavy atom. The molecule has 0 saturated heterocycles. The SMILES string of the molecule is CC(C)(C)C(N)CC(=O)Nc1cccc(OCC(=O)O)c1. The average Bonchev–Trinajstić information content (AvgIpc) is 2.35. The first-order valence-corrected chi connectivity index (χ1v) is 6.68. The number of carboxylic acid groups (broad SMARTS) is 1. The summed E-state index contributed by atoms with van der Waals surface area (Å²) in [6, 6.07) is 6.33. The van der Waals surface area contributed by atoms with Crippen LogP contribution in [0.1, 0.15) is 27.2 Å². The van der Waals surface area contributed by atoms with Gasteiger partial charge < -0.3 is 20.9 Å². The van der Waals surface area contributed by atoms with Crippen LogP contribution in [-0.2, 0) is 9.59 Å². The fraction of sp³-hybridized carbons (Fsp3) is 0.467. The number of nitrogens with two attached hydrogens (primary N) is 1. The average molecular weight is 294 g/mol. The van der Waals surface area contributed by atoms with Gasteiger partial charge in [0.1, 0.15) is 5.75 Å². The molecule has 6 heteroatoms. The zero-order valence-electron chi connectivity index (χ0n) is 12.6. The van der Waals surface area contributed by atoms with Crippen LogP contribution in [0, 0.1) is 5.41 Å². The highest BCUT2D eigenvalue weighted by Crippen LogP contribution is 2.21. The van der Waals surface area contributed by atoms with Crippen molar-refractivity contribution in [3.8, 4) is 5.75 Å². The Bertz CT molecular complexity index is 509. The summed E-state index contributed by atoms with van der Waals surface area (Å²) < 4.78 is 5.05. The van der Waals surface area contributed by atoms with E-state index in [2.05, 4.69) is 5.32 Å². The predicted octanol–water partition coefficient (Wildman–Crippen LogP) is 1.85. The van der Waals surface area contributed by atoms with Gasteiger partial charge in [-0.05, 0) is 17.5 Å². The Labute approximate surface area is 124 Å². The molecule has 0 aliphatic heterocycles. The van der Waals surface area contributed by atoms with E-state index >= 15 is 0 Å². The van der Waals surface area contributed by atoms with Crippen LogP contribution in [0.4, 0.5) is 5.69 Å². The minimum Gasteiger partial charge on any atom is -0.482 e. The minimum absolute atomic E-state index is 0.149. The summed E-state index contributed by atoms with van der Waals surface area (Å²) >= 11 is 0. The number of carbonyl (C=O) groups is 2. The Morgan fingerprint density at radius 2 is 2.05 bits per heavy atom. The van der Waals surface area contributed by atoms with Crippen molar-refractivity contribution in [3.63, 3.8) is 0 Å². The van der Waals surface area contributed by atoms with E-state index in [0.29, 0.717) is 11.4 Å². The smallest absolute Gasteiger partial charge is 0.341 e. The standard InChI is InChI=1S/C15H22N2O4/c1-15(2,3)12(16)8-13(18)17-10-5-4-6-11(7-10)21-9-14(19)20/h4-7,12H,8-9,16H2,1-3H3,(H,17,18)(H,19,20). The molecule has 116 valence electrons. The van der Waals surface area contributed by atoms with E-state index in [1.165, 1.54) is 0 Å². The second-order valence-corrected chi connectivity index (χ2v) is 5.94. The van der Waals surface area contributed by atoms with E-state index in [1.807, 2.05) is 20.8 Å². The summed E-state index contributed by atoms with van der Waals surface area (Å²) in [4.78, 5) is 22.4. The van der Waals surface area contributed by atoms with Gasteiger partial charge in [-0.3, -0.25) is 4.79 Å². The predicted molar refractivity (Wildman–Crippen MR) is 80.2 cm³/mol. The van der Waals surface area contributed by atoms with E-state index in [4.69, 9.17) is 15.6 Å². The fourth-order valence-electron chi connectivity index (χ4n) is 1.53. The molecule has 4 N–H and O–H groups in total. The first-order chi connectivity index (χ1) is 9.68. The molecule has 1 aromatic rings. The summed E-state index contributed by atoms with van der Waals surface area (Å²) in [5, 5.41) is 11.3. The molecule has 1 amide bonds. The molecule has 1 aromatic carbocycles. The topological polar surface area (TPSA) is 102 Å². The second-order valence-electron chi connectivity index (χ2n) is 5.94. The van der Waals surface area contributed by atoms with E-state index in [9.17, 15) is 9.59 Å². The van der Waals surface area contributed by atoms with Gasteiger partial charge in [-0.1, -0.05) is 26.8 Å². The lowest BCUT2D eigenvalue weighted by molar-refractivity contribution is -0.139. The van der Waals surface area contributed by atoms with Gasteiger partial charge in [0.05, 0.1) is 0 Å². The lowest BCUT2D eigenvalue weighted by Crippen LogP contribution is -2.38. The van der Waals surface area contributed by atoms with Crippen molar-refractivity contribution < 1.29 is 19.4 Å². The molecule has 0 spiro atoms. The molecular weight excluding hydrogens is 272 g/mol. The molecular formula is C15H22N2O4. The molecule has 21 heavy (non-hydrogen) atoms. The molecule has 0 saturated carbocycles. The van der Waals surface area contributed by atoms with Gasteiger partial charge in [0.15, 0.2) is 6.61 Å². The Morgan fingerprint density at radius 1 is 1.38 bits per heavy atom. The third kappa shape index (κ3) is 6.27. The van der Waals surface area contributed by atoms with Crippen LogP contribution in [0.3, 0.4) is 0 Å². The summed E-state index contributed by atoms with van der Waals surface area (Å²) in [5.41, 5.74) is 6.36. The number of amides is 1. The van der Waals surface area contributed by atoms with Gasteiger partial charge in [0, 0.05) is 24.2 Å². The van der Waals surface area contributed by atoms with Crippen molar-refractivity contribution in [1.29, 1.82) is 0 Å². The van der Waals surface area contributed by atoms with Crippen molar-refractivity contribution in [2.45, 2.75) is 33.2 Å². The van der Waals surface area contributed by atoms with Gasteiger partial charge in [0.25, 0.3) is 0 Å². The molecule has 0 heterocycles. The van der Waals surface area contributed by atoms with Crippen molar-refractivity contribution in [2.24, 2.45) is 11.1 Å². The van der Waals surface area contributed by atoms with Gasteiger partial charge >= 0.3 is 5.97 Å². The molecule has 0 radical (unpaired) electrons. The number of hydrogen-bond donors (Lipinski definition) is 3. The van der Waals surface area contributed by atoms with Crippen LogP contribution < -0.4 is 15.8 Å². The lowest BCUT2D eigenvalue weighted by Gasteiger charge is -2.26. The van der Waals surface area contributed by atoms with E-state index in [1.54, 1.807) is 24.3 Å². The Kier molecular flexibility index (Phi) is 5.72. The highest BCUT2D eigenvalue weighted by molar-refractivity contribution is 5.91. The zero-order chi connectivity index (χ0) is 16.0. The number of rotatable bonds is 6. The normalized spacial score (nSPS) is 12.6. The highest BCUT2D eigenvalue weighted by atomic mass is 16.5. The summed E-state index contributed by atoms with van der Waals surface area (Å²) in [6.45, 7) is 5.51. The largest absolute Gasteiger partial charge is 0.482 e. The Hall–Kier alpha value is -2.08. The summed E-state index contributed by atoms with van der Waals surface area (Å²) in [6.07, 6.45) is 0.212. The van der Waals surface area contributed by atoms with Crippen LogP contribution >= 0.6 is 0 Å². The van der Waals surface area contributed by atoms with Crippen molar-refractivity contribution in [1.82, 2.24) is 0 Å². The number of carboxylic acids is 1. The number of ether oxygens (including phenoxy) is 1. The lowest BCUT2D eigenvalue weighted by atomic mass is 9.85. The molecule has 0 fully saturated rings. The maximum Gasteiger partial charge on any atom is 0.341 e. The third-order valence-corrected chi connectivity index (χ3v) is 3.00. The maximum atomic E-state index is 11.9. The molecule has 1 unspecified atom stereocenters. The molecule has 0 aromatic heterocycles. The fourth-order valence-corrected chi connectivity index (χ4v) is 1.53. The van der Waals surface area contributed by atoms with Crippen molar-refractivity contribution >= 4 is 17.6 Å². The monoisotopic (exact) mass is 294 g/mol. The number of nitrogens with one attached hydrogen (secondary N) is 1. The van der Waals surface area contributed by atoms with Crippen LogP contribution in [0.15, 0.2) is 24.3 Å².